The smallest absolute Gasteiger partial charge is 0.266 e. The maximum absolute atomic E-state index is 5.15. The fraction of sp³-hybridized carbons (Fsp3) is 0.125. The molecular weight excluding hydrogens is 158 g/mol. The number of aromatic amines is 1. The second kappa shape index (κ2) is 3.34. The van der Waals surface area contributed by atoms with Gasteiger partial charge in [0, 0.05) is 0 Å². The van der Waals surface area contributed by atoms with Crippen molar-refractivity contribution in [2.24, 2.45) is 0 Å². The lowest BCUT2D eigenvalue weighted by Crippen LogP contribution is -1.72. The van der Waals surface area contributed by atoms with Gasteiger partial charge in [-0.2, -0.15) is 0 Å². The van der Waals surface area contributed by atoms with Gasteiger partial charge in [-0.05, 0) is 31.3 Å². The maximum Gasteiger partial charge on any atom is 0.266 e. The van der Waals surface area contributed by atoms with Crippen molar-refractivity contribution in [3.8, 4) is 0 Å². The molecule has 0 radical (unpaired) electrons. The van der Waals surface area contributed by atoms with Gasteiger partial charge in [0.2, 0.25) is 0 Å². The molecule has 0 aliphatic heterocycles. The third kappa shape index (κ3) is 1.68. The number of hydrogen-bond acceptors (Lipinski definition) is 2. The Labute approximate surface area is 70.2 Å². The molecule has 3 heteroatoms. The van der Waals surface area contributed by atoms with Gasteiger partial charge in [-0.1, -0.05) is 12.7 Å². The zero-order valence-corrected chi connectivity index (χ0v) is 7.07. The van der Waals surface area contributed by atoms with Gasteiger partial charge in [0.15, 0.2) is 5.76 Å². The third-order valence-corrected chi connectivity index (χ3v) is 1.41. The average molecular weight is 167 g/mol. The van der Waals surface area contributed by atoms with E-state index in [0.717, 1.165) is 11.5 Å². The van der Waals surface area contributed by atoms with Gasteiger partial charge < -0.3 is 9.40 Å². The highest BCUT2D eigenvalue weighted by Gasteiger charge is 1.98. The molecule has 0 saturated heterocycles. The van der Waals surface area contributed by atoms with E-state index >= 15 is 0 Å². The molecule has 0 spiro atoms. The summed E-state index contributed by atoms with van der Waals surface area (Å²) >= 11 is 4.80. The molecule has 0 amide bonds. The monoisotopic (exact) mass is 167 g/mol. The SMILES string of the molecule is C=Cc1[nH]c(=S)oc1/C=C\C. The predicted molar refractivity (Wildman–Crippen MR) is 48.7 cm³/mol. The van der Waals surface area contributed by atoms with Crippen molar-refractivity contribution in [3.63, 3.8) is 0 Å². The lowest BCUT2D eigenvalue weighted by Gasteiger charge is -1.84. The Balaban J connectivity index is 3.22. The van der Waals surface area contributed by atoms with Gasteiger partial charge in [-0.15, -0.1) is 0 Å². The van der Waals surface area contributed by atoms with E-state index in [1.54, 1.807) is 6.08 Å². The van der Waals surface area contributed by atoms with Crippen LogP contribution in [0.1, 0.15) is 18.4 Å². The lowest BCUT2D eigenvalue weighted by molar-refractivity contribution is 0.531. The summed E-state index contributed by atoms with van der Waals surface area (Å²) in [6.45, 7) is 5.53. The maximum atomic E-state index is 5.15. The molecule has 1 N–H and O–H groups in total. The topological polar surface area (TPSA) is 28.9 Å². The molecule has 0 aromatic carbocycles. The van der Waals surface area contributed by atoms with E-state index in [4.69, 9.17) is 16.6 Å². The van der Waals surface area contributed by atoms with Gasteiger partial charge in [-0.3, -0.25) is 0 Å². The van der Waals surface area contributed by atoms with Crippen LogP contribution in [0, 0.1) is 4.84 Å². The Morgan fingerprint density at radius 1 is 1.64 bits per heavy atom. The molecule has 0 aliphatic carbocycles. The number of H-pyrrole nitrogens is 1. The first-order valence-corrected chi connectivity index (χ1v) is 3.67. The van der Waals surface area contributed by atoms with Gasteiger partial charge in [0.25, 0.3) is 4.84 Å². The zero-order chi connectivity index (χ0) is 8.27. The van der Waals surface area contributed by atoms with Crippen LogP contribution >= 0.6 is 12.2 Å². The molecule has 11 heavy (non-hydrogen) atoms. The first-order chi connectivity index (χ1) is 5.27. The fourth-order valence-electron chi connectivity index (χ4n) is 0.779. The van der Waals surface area contributed by atoms with Crippen molar-refractivity contribution in [3.05, 3.63) is 28.9 Å². The van der Waals surface area contributed by atoms with Crippen LogP contribution in [0.25, 0.3) is 12.2 Å². The summed E-state index contributed by atoms with van der Waals surface area (Å²) in [6, 6.07) is 0. The van der Waals surface area contributed by atoms with Crippen LogP contribution in [-0.2, 0) is 0 Å². The molecule has 1 heterocycles. The largest absolute Gasteiger partial charge is 0.429 e. The van der Waals surface area contributed by atoms with Crippen LogP contribution < -0.4 is 0 Å². The summed E-state index contributed by atoms with van der Waals surface area (Å²) < 4.78 is 5.15. The van der Waals surface area contributed by atoms with E-state index in [-0.39, 0.29) is 0 Å². The van der Waals surface area contributed by atoms with E-state index in [1.165, 1.54) is 0 Å². The predicted octanol–water partition coefficient (Wildman–Crippen LogP) is 3.01. The average Bonchev–Trinajstić information content (AvgIpc) is 2.32. The minimum absolute atomic E-state index is 0.382. The van der Waals surface area contributed by atoms with Crippen LogP contribution in [0.4, 0.5) is 0 Å². The van der Waals surface area contributed by atoms with Crippen LogP contribution in [-0.4, -0.2) is 4.98 Å². The summed E-state index contributed by atoms with van der Waals surface area (Å²) in [7, 11) is 0. The van der Waals surface area contributed by atoms with Gasteiger partial charge >= 0.3 is 0 Å². The van der Waals surface area contributed by atoms with Crippen molar-refractivity contribution in [2.45, 2.75) is 6.92 Å². The molecule has 0 unspecified atom stereocenters. The van der Waals surface area contributed by atoms with Gasteiger partial charge in [0.05, 0.1) is 5.69 Å². The number of hydrogen-bond donors (Lipinski definition) is 1. The molecule has 0 fully saturated rings. The number of aromatic nitrogens is 1. The summed E-state index contributed by atoms with van der Waals surface area (Å²) in [5.41, 5.74) is 0.827. The quantitative estimate of drug-likeness (QED) is 0.686. The molecule has 1 aromatic heterocycles. The standard InChI is InChI=1S/C8H9NOS/c1-3-5-7-6(4-2)9-8(11)10-7/h3-5H,2H2,1H3,(H,9,11)/b5-3-. The molecule has 1 aromatic rings. The van der Waals surface area contributed by atoms with Crippen LogP contribution in [0.2, 0.25) is 0 Å². The Morgan fingerprint density at radius 2 is 2.36 bits per heavy atom. The first-order valence-electron chi connectivity index (χ1n) is 3.26. The highest BCUT2D eigenvalue weighted by Crippen LogP contribution is 2.10. The van der Waals surface area contributed by atoms with Gasteiger partial charge in [0.1, 0.15) is 0 Å². The molecule has 0 bridgehead atoms. The normalized spacial score (nSPS) is 10.6. The molecule has 0 aliphatic rings. The number of allylic oxidation sites excluding steroid dienone is 1. The van der Waals surface area contributed by atoms with E-state index < -0.39 is 0 Å². The van der Waals surface area contributed by atoms with E-state index in [2.05, 4.69) is 11.6 Å². The van der Waals surface area contributed by atoms with Crippen LogP contribution in [0.15, 0.2) is 17.1 Å². The van der Waals surface area contributed by atoms with Crippen LogP contribution in [0.5, 0.6) is 0 Å². The van der Waals surface area contributed by atoms with E-state index in [1.807, 2.05) is 19.1 Å². The lowest BCUT2D eigenvalue weighted by atomic mass is 10.3. The van der Waals surface area contributed by atoms with Crippen molar-refractivity contribution in [2.75, 3.05) is 0 Å². The first kappa shape index (κ1) is 8.01. The highest BCUT2D eigenvalue weighted by molar-refractivity contribution is 7.71. The van der Waals surface area contributed by atoms with Crippen molar-refractivity contribution >= 4 is 24.4 Å². The highest BCUT2D eigenvalue weighted by atomic mass is 32.1. The molecule has 0 saturated carbocycles. The molecular formula is C8H9NOS. The summed E-state index contributed by atoms with van der Waals surface area (Å²) in [5.74, 6) is 0.729. The number of rotatable bonds is 2. The Bertz CT molecular complexity index is 332. The Hall–Kier alpha value is -1.09. The minimum Gasteiger partial charge on any atom is -0.429 e. The van der Waals surface area contributed by atoms with Crippen molar-refractivity contribution in [1.29, 1.82) is 0 Å². The summed E-state index contributed by atoms with van der Waals surface area (Å²) in [6.07, 6.45) is 5.40. The van der Waals surface area contributed by atoms with E-state index in [0.29, 0.717) is 4.84 Å². The molecule has 58 valence electrons. The van der Waals surface area contributed by atoms with Gasteiger partial charge in [-0.25, -0.2) is 0 Å². The number of oxazole rings is 1. The zero-order valence-electron chi connectivity index (χ0n) is 6.26. The van der Waals surface area contributed by atoms with Crippen molar-refractivity contribution in [1.82, 2.24) is 4.98 Å². The Kier molecular flexibility index (Phi) is 2.44. The second-order valence-corrected chi connectivity index (χ2v) is 2.37. The third-order valence-electron chi connectivity index (χ3n) is 1.23. The summed E-state index contributed by atoms with van der Waals surface area (Å²) in [4.78, 5) is 3.24. The van der Waals surface area contributed by atoms with Crippen molar-refractivity contribution < 1.29 is 4.42 Å². The minimum atomic E-state index is 0.382. The molecule has 2 nitrogen and oxygen atoms in total. The second-order valence-electron chi connectivity index (χ2n) is 2.00. The van der Waals surface area contributed by atoms with Crippen LogP contribution in [0.3, 0.4) is 0 Å². The fourth-order valence-corrected chi connectivity index (χ4v) is 0.978. The molecule has 0 atom stereocenters. The molecule has 1 rings (SSSR count). The Morgan fingerprint density at radius 3 is 2.91 bits per heavy atom. The summed E-state index contributed by atoms with van der Waals surface area (Å²) in [5, 5.41) is 0. The number of nitrogens with one attached hydrogen (secondary N) is 1. The van der Waals surface area contributed by atoms with E-state index in [9.17, 15) is 0 Å².